The minimum absolute atomic E-state index is 0.615. The minimum Gasteiger partial charge on any atom is -0.326 e. The number of imidazole rings is 1. The molecule has 0 saturated heterocycles. The normalized spacial score (nSPS) is 15.7. The van der Waals surface area contributed by atoms with E-state index in [1.54, 1.807) is 11.8 Å². The van der Waals surface area contributed by atoms with Gasteiger partial charge < -0.3 is 9.88 Å². The Morgan fingerprint density at radius 2 is 1.90 bits per heavy atom. The second-order valence-electron chi connectivity index (χ2n) is 5.40. The average Bonchev–Trinajstić information content (AvgIpc) is 3.09. The van der Waals surface area contributed by atoms with Crippen molar-refractivity contribution >= 4 is 23.4 Å². The van der Waals surface area contributed by atoms with Gasteiger partial charge in [-0.25, -0.2) is 4.98 Å². The second kappa shape index (κ2) is 5.92. The number of thioether (sulfide) groups is 1. The molecule has 3 nitrogen and oxygen atoms in total. The Balaban J connectivity index is 1.82. The zero-order chi connectivity index (χ0) is 13.9. The Kier molecular flexibility index (Phi) is 4.01. The van der Waals surface area contributed by atoms with Gasteiger partial charge in [0, 0.05) is 22.8 Å². The van der Waals surface area contributed by atoms with Crippen LogP contribution < -0.4 is 5.32 Å². The third-order valence-corrected chi connectivity index (χ3v) is 4.66. The van der Waals surface area contributed by atoms with Crippen LogP contribution in [0, 0.1) is 6.92 Å². The zero-order valence-corrected chi connectivity index (χ0v) is 12.9. The summed E-state index contributed by atoms with van der Waals surface area (Å²) in [5.41, 5.74) is 2.19. The van der Waals surface area contributed by atoms with Crippen LogP contribution in [0.5, 0.6) is 0 Å². The molecule has 1 aliphatic rings. The summed E-state index contributed by atoms with van der Waals surface area (Å²) < 4.78 is 2.32. The molecule has 4 heteroatoms. The van der Waals surface area contributed by atoms with Crippen molar-refractivity contribution in [2.75, 3.05) is 11.6 Å². The number of hydrogen-bond acceptors (Lipinski definition) is 3. The molecule has 1 heterocycles. The smallest absolute Gasteiger partial charge is 0.207 e. The van der Waals surface area contributed by atoms with Crippen LogP contribution in [0.1, 0.15) is 37.4 Å². The molecule has 1 fully saturated rings. The van der Waals surface area contributed by atoms with E-state index in [0.717, 1.165) is 17.3 Å². The molecule has 0 spiro atoms. The lowest BCUT2D eigenvalue weighted by molar-refractivity contribution is 0.524. The Morgan fingerprint density at radius 1 is 1.20 bits per heavy atom. The van der Waals surface area contributed by atoms with Gasteiger partial charge in [-0.2, -0.15) is 0 Å². The van der Waals surface area contributed by atoms with E-state index in [4.69, 9.17) is 0 Å². The van der Waals surface area contributed by atoms with Crippen molar-refractivity contribution in [1.82, 2.24) is 9.55 Å². The van der Waals surface area contributed by atoms with Gasteiger partial charge in [0.25, 0.3) is 0 Å². The topological polar surface area (TPSA) is 29.9 Å². The van der Waals surface area contributed by atoms with E-state index in [2.05, 4.69) is 58.5 Å². The number of rotatable bonds is 4. The van der Waals surface area contributed by atoms with Crippen molar-refractivity contribution in [3.05, 3.63) is 36.2 Å². The molecule has 1 aromatic carbocycles. The molecule has 0 bridgehead atoms. The first-order valence-electron chi connectivity index (χ1n) is 7.23. The van der Waals surface area contributed by atoms with Gasteiger partial charge in [-0.15, -0.1) is 11.8 Å². The van der Waals surface area contributed by atoms with Crippen LogP contribution >= 0.6 is 11.8 Å². The molecule has 0 atom stereocenters. The lowest BCUT2D eigenvalue weighted by Gasteiger charge is -2.15. The number of aromatic nitrogens is 2. The molecule has 1 aliphatic carbocycles. The average molecular weight is 287 g/mol. The summed E-state index contributed by atoms with van der Waals surface area (Å²) in [7, 11) is 0. The molecule has 1 aromatic heterocycles. The Bertz CT molecular complexity index is 568. The lowest BCUT2D eigenvalue weighted by Crippen LogP contribution is -2.07. The molecule has 0 aliphatic heterocycles. The fraction of sp³-hybridized carbons (Fsp3) is 0.438. The molecule has 1 saturated carbocycles. The van der Waals surface area contributed by atoms with E-state index >= 15 is 0 Å². The number of nitrogens with zero attached hydrogens (tertiary/aromatic N) is 2. The third-order valence-electron chi connectivity index (χ3n) is 3.92. The maximum absolute atomic E-state index is 4.64. The first-order chi connectivity index (χ1) is 9.76. The predicted molar refractivity (Wildman–Crippen MR) is 86.0 cm³/mol. The van der Waals surface area contributed by atoms with Crippen LogP contribution in [0.3, 0.4) is 0 Å². The molecule has 2 aromatic rings. The molecular formula is C16H21N3S. The highest BCUT2D eigenvalue weighted by Gasteiger charge is 2.20. The van der Waals surface area contributed by atoms with E-state index in [0.29, 0.717) is 6.04 Å². The van der Waals surface area contributed by atoms with Gasteiger partial charge in [0.05, 0.1) is 5.69 Å². The van der Waals surface area contributed by atoms with Gasteiger partial charge in [-0.3, -0.25) is 0 Å². The zero-order valence-electron chi connectivity index (χ0n) is 12.1. The molecule has 0 amide bonds. The van der Waals surface area contributed by atoms with E-state index in [1.807, 2.05) is 0 Å². The van der Waals surface area contributed by atoms with Crippen LogP contribution in [-0.4, -0.2) is 15.8 Å². The first-order valence-corrected chi connectivity index (χ1v) is 8.45. The first kappa shape index (κ1) is 13.6. The fourth-order valence-electron chi connectivity index (χ4n) is 2.87. The third kappa shape index (κ3) is 2.85. The summed E-state index contributed by atoms with van der Waals surface area (Å²) in [5.74, 6) is 0.978. The monoisotopic (exact) mass is 287 g/mol. The highest BCUT2D eigenvalue weighted by molar-refractivity contribution is 7.98. The van der Waals surface area contributed by atoms with E-state index < -0.39 is 0 Å². The summed E-state index contributed by atoms with van der Waals surface area (Å²) >= 11 is 1.76. The Hall–Kier alpha value is -1.42. The molecule has 1 N–H and O–H groups in total. The SMILES string of the molecule is CSc1ccc(Nc2nc(C)cn2C2CCCC2)cc1. The van der Waals surface area contributed by atoms with Crippen molar-refractivity contribution in [1.29, 1.82) is 0 Å². The second-order valence-corrected chi connectivity index (χ2v) is 6.28. The van der Waals surface area contributed by atoms with Crippen LogP contribution in [-0.2, 0) is 0 Å². The number of anilines is 2. The number of hydrogen-bond donors (Lipinski definition) is 1. The molecular weight excluding hydrogens is 266 g/mol. The van der Waals surface area contributed by atoms with Crippen LogP contribution in [0.25, 0.3) is 0 Å². The van der Waals surface area contributed by atoms with Crippen molar-refractivity contribution in [3.63, 3.8) is 0 Å². The van der Waals surface area contributed by atoms with Crippen LogP contribution in [0.4, 0.5) is 11.6 Å². The largest absolute Gasteiger partial charge is 0.326 e. The Labute approximate surface area is 124 Å². The van der Waals surface area contributed by atoms with E-state index in [1.165, 1.54) is 30.6 Å². The number of benzene rings is 1. The van der Waals surface area contributed by atoms with E-state index in [9.17, 15) is 0 Å². The maximum atomic E-state index is 4.64. The molecule has 0 radical (unpaired) electrons. The number of nitrogens with one attached hydrogen (secondary N) is 1. The van der Waals surface area contributed by atoms with E-state index in [-0.39, 0.29) is 0 Å². The standard InChI is InChI=1S/C16H21N3S/c1-12-11-19(14-5-3-4-6-14)16(17-12)18-13-7-9-15(20-2)10-8-13/h7-11,14H,3-6H2,1-2H3,(H,17,18). The minimum atomic E-state index is 0.615. The molecule has 0 unspecified atom stereocenters. The van der Waals surface area contributed by atoms with Crippen molar-refractivity contribution in [2.24, 2.45) is 0 Å². The highest BCUT2D eigenvalue weighted by Crippen LogP contribution is 2.33. The van der Waals surface area contributed by atoms with Gasteiger partial charge in [0.1, 0.15) is 0 Å². The highest BCUT2D eigenvalue weighted by atomic mass is 32.2. The van der Waals surface area contributed by atoms with Gasteiger partial charge in [0.15, 0.2) is 0 Å². The number of aryl methyl sites for hydroxylation is 1. The Morgan fingerprint density at radius 3 is 2.55 bits per heavy atom. The summed E-state index contributed by atoms with van der Waals surface area (Å²) in [5, 5.41) is 3.46. The van der Waals surface area contributed by atoms with Gasteiger partial charge in [-0.05, 0) is 50.3 Å². The maximum Gasteiger partial charge on any atom is 0.207 e. The van der Waals surface area contributed by atoms with Crippen molar-refractivity contribution in [2.45, 2.75) is 43.5 Å². The van der Waals surface area contributed by atoms with Gasteiger partial charge >= 0.3 is 0 Å². The van der Waals surface area contributed by atoms with Crippen molar-refractivity contribution < 1.29 is 0 Å². The molecule has 106 valence electrons. The van der Waals surface area contributed by atoms with Crippen molar-refractivity contribution in [3.8, 4) is 0 Å². The molecule has 3 rings (SSSR count). The fourth-order valence-corrected chi connectivity index (χ4v) is 3.28. The van der Waals surface area contributed by atoms with Gasteiger partial charge in [0.2, 0.25) is 5.95 Å². The summed E-state index contributed by atoms with van der Waals surface area (Å²) in [4.78, 5) is 5.92. The summed E-state index contributed by atoms with van der Waals surface area (Å²) in [6.45, 7) is 2.06. The molecule has 20 heavy (non-hydrogen) atoms. The lowest BCUT2D eigenvalue weighted by atomic mass is 10.2. The summed E-state index contributed by atoms with van der Waals surface area (Å²) in [6.07, 6.45) is 9.49. The van der Waals surface area contributed by atoms with Crippen LogP contribution in [0.15, 0.2) is 35.4 Å². The van der Waals surface area contributed by atoms with Crippen LogP contribution in [0.2, 0.25) is 0 Å². The van der Waals surface area contributed by atoms with Gasteiger partial charge in [-0.1, -0.05) is 12.8 Å². The quantitative estimate of drug-likeness (QED) is 0.821. The predicted octanol–water partition coefficient (Wildman–Crippen LogP) is 4.77. The summed E-state index contributed by atoms with van der Waals surface area (Å²) in [6, 6.07) is 9.14.